The van der Waals surface area contributed by atoms with E-state index in [4.69, 9.17) is 17.3 Å². The van der Waals surface area contributed by atoms with Gasteiger partial charge in [-0.15, -0.1) is 11.8 Å². The van der Waals surface area contributed by atoms with Crippen molar-refractivity contribution in [2.24, 2.45) is 5.73 Å². The fraction of sp³-hybridized carbons (Fsp3) is 0.455. The second-order valence-electron chi connectivity index (χ2n) is 3.69. The molecule has 0 fully saturated rings. The number of halogens is 1. The molecule has 0 spiro atoms. The fourth-order valence-corrected chi connectivity index (χ4v) is 3.41. The molecule has 0 atom stereocenters. The minimum absolute atomic E-state index is 0.193. The molecule has 18 heavy (non-hydrogen) atoms. The van der Waals surface area contributed by atoms with Crippen molar-refractivity contribution in [3.63, 3.8) is 0 Å². The first-order valence-electron chi connectivity index (χ1n) is 5.54. The smallest absolute Gasteiger partial charge is 0.240 e. The van der Waals surface area contributed by atoms with E-state index in [-0.39, 0.29) is 4.90 Å². The summed E-state index contributed by atoms with van der Waals surface area (Å²) in [5.41, 5.74) is 5.34. The zero-order valence-corrected chi connectivity index (χ0v) is 12.5. The standard InChI is InChI=1S/C11H17ClN2O2S2/c1-17-11-5-4-9(8-10(11)12)18(15,16)14-7-3-2-6-13/h4-5,8,14H,2-3,6-7,13H2,1H3. The maximum Gasteiger partial charge on any atom is 0.240 e. The van der Waals surface area contributed by atoms with Crippen LogP contribution in [0.4, 0.5) is 0 Å². The minimum Gasteiger partial charge on any atom is -0.330 e. The summed E-state index contributed by atoms with van der Waals surface area (Å²) in [6, 6.07) is 4.74. The lowest BCUT2D eigenvalue weighted by molar-refractivity contribution is 0.577. The van der Waals surface area contributed by atoms with E-state index >= 15 is 0 Å². The quantitative estimate of drug-likeness (QED) is 0.597. The Balaban J connectivity index is 2.76. The third-order valence-electron chi connectivity index (χ3n) is 2.36. The van der Waals surface area contributed by atoms with Crippen molar-refractivity contribution in [3.8, 4) is 0 Å². The maximum absolute atomic E-state index is 11.9. The topological polar surface area (TPSA) is 72.2 Å². The van der Waals surface area contributed by atoms with Gasteiger partial charge in [0.2, 0.25) is 10.0 Å². The highest BCUT2D eigenvalue weighted by Gasteiger charge is 2.14. The minimum atomic E-state index is -3.47. The van der Waals surface area contributed by atoms with Crippen molar-refractivity contribution in [1.29, 1.82) is 0 Å². The molecule has 0 aliphatic carbocycles. The van der Waals surface area contributed by atoms with Gasteiger partial charge in [0, 0.05) is 11.4 Å². The van der Waals surface area contributed by atoms with E-state index in [1.165, 1.54) is 17.8 Å². The van der Waals surface area contributed by atoms with E-state index in [0.717, 1.165) is 17.7 Å². The van der Waals surface area contributed by atoms with Crippen molar-refractivity contribution >= 4 is 33.4 Å². The van der Waals surface area contributed by atoms with Crippen LogP contribution in [0, 0.1) is 0 Å². The van der Waals surface area contributed by atoms with E-state index in [1.54, 1.807) is 12.1 Å². The van der Waals surface area contributed by atoms with Crippen LogP contribution in [0.5, 0.6) is 0 Å². The summed E-state index contributed by atoms with van der Waals surface area (Å²) in [7, 11) is -3.47. The normalized spacial score (nSPS) is 11.7. The van der Waals surface area contributed by atoms with Gasteiger partial charge in [-0.2, -0.15) is 0 Å². The predicted molar refractivity (Wildman–Crippen MR) is 76.7 cm³/mol. The number of thioether (sulfide) groups is 1. The summed E-state index contributed by atoms with van der Waals surface area (Å²) in [5.74, 6) is 0. The average molecular weight is 309 g/mol. The summed E-state index contributed by atoms with van der Waals surface area (Å²) in [6.45, 7) is 0.956. The number of hydrogen-bond acceptors (Lipinski definition) is 4. The van der Waals surface area contributed by atoms with Crippen LogP contribution < -0.4 is 10.5 Å². The van der Waals surface area contributed by atoms with Crippen LogP contribution in [-0.4, -0.2) is 27.8 Å². The van der Waals surface area contributed by atoms with Crippen molar-refractivity contribution in [2.45, 2.75) is 22.6 Å². The molecule has 1 rings (SSSR count). The monoisotopic (exact) mass is 308 g/mol. The highest BCUT2D eigenvalue weighted by molar-refractivity contribution is 7.98. The van der Waals surface area contributed by atoms with Crippen LogP contribution >= 0.6 is 23.4 Å². The Morgan fingerprint density at radius 1 is 1.39 bits per heavy atom. The van der Waals surface area contributed by atoms with Gasteiger partial charge < -0.3 is 5.73 Å². The van der Waals surface area contributed by atoms with E-state index in [0.29, 0.717) is 18.1 Å². The molecule has 0 radical (unpaired) electrons. The number of sulfonamides is 1. The molecule has 1 aromatic carbocycles. The Bertz CT molecular complexity index is 492. The number of unbranched alkanes of at least 4 members (excludes halogenated alkanes) is 1. The first-order valence-corrected chi connectivity index (χ1v) is 8.63. The van der Waals surface area contributed by atoms with Gasteiger partial charge in [0.1, 0.15) is 0 Å². The van der Waals surface area contributed by atoms with E-state index < -0.39 is 10.0 Å². The van der Waals surface area contributed by atoms with Gasteiger partial charge in [0.05, 0.1) is 9.92 Å². The van der Waals surface area contributed by atoms with E-state index in [9.17, 15) is 8.42 Å². The molecule has 0 aliphatic rings. The predicted octanol–water partition coefficient (Wildman–Crippen LogP) is 2.08. The summed E-state index contributed by atoms with van der Waals surface area (Å²) in [4.78, 5) is 1.05. The number of nitrogens with two attached hydrogens (primary N) is 1. The van der Waals surface area contributed by atoms with Crippen LogP contribution in [0.15, 0.2) is 28.0 Å². The SMILES string of the molecule is CSc1ccc(S(=O)(=O)NCCCCN)cc1Cl. The molecule has 1 aromatic rings. The average Bonchev–Trinajstić information content (AvgIpc) is 2.34. The number of benzene rings is 1. The van der Waals surface area contributed by atoms with Gasteiger partial charge in [-0.25, -0.2) is 13.1 Å². The first-order chi connectivity index (χ1) is 8.51. The lowest BCUT2D eigenvalue weighted by Crippen LogP contribution is -2.25. The molecular weight excluding hydrogens is 292 g/mol. The van der Waals surface area contributed by atoms with Gasteiger partial charge in [0.15, 0.2) is 0 Å². The molecule has 0 unspecified atom stereocenters. The van der Waals surface area contributed by atoms with Crippen LogP contribution in [0.2, 0.25) is 5.02 Å². The number of hydrogen-bond donors (Lipinski definition) is 2. The molecule has 0 heterocycles. The Hall–Kier alpha value is -0.270. The third kappa shape index (κ3) is 4.44. The molecular formula is C11H17ClN2O2S2. The van der Waals surface area contributed by atoms with Gasteiger partial charge in [-0.1, -0.05) is 11.6 Å². The Morgan fingerprint density at radius 2 is 2.11 bits per heavy atom. The second-order valence-corrected chi connectivity index (χ2v) is 6.71. The Morgan fingerprint density at radius 3 is 2.67 bits per heavy atom. The molecule has 0 amide bonds. The van der Waals surface area contributed by atoms with Crippen molar-refractivity contribution in [2.75, 3.05) is 19.3 Å². The lowest BCUT2D eigenvalue weighted by Gasteiger charge is -2.08. The van der Waals surface area contributed by atoms with Gasteiger partial charge in [-0.05, 0) is 43.8 Å². The van der Waals surface area contributed by atoms with Crippen LogP contribution in [0.3, 0.4) is 0 Å². The molecule has 0 saturated heterocycles. The molecule has 0 aromatic heterocycles. The Kier molecular flexibility index (Phi) is 6.45. The fourth-order valence-electron chi connectivity index (χ4n) is 1.37. The molecule has 3 N–H and O–H groups in total. The number of nitrogens with one attached hydrogen (secondary N) is 1. The third-order valence-corrected chi connectivity index (χ3v) is 5.04. The Labute approximate surface area is 117 Å². The first kappa shape index (κ1) is 15.8. The van der Waals surface area contributed by atoms with Crippen molar-refractivity contribution in [3.05, 3.63) is 23.2 Å². The molecule has 0 bridgehead atoms. The van der Waals surface area contributed by atoms with Gasteiger partial charge in [-0.3, -0.25) is 0 Å². The van der Waals surface area contributed by atoms with Crippen LogP contribution in [0.25, 0.3) is 0 Å². The van der Waals surface area contributed by atoms with Crippen molar-refractivity contribution < 1.29 is 8.42 Å². The van der Waals surface area contributed by atoms with E-state index in [2.05, 4.69) is 4.72 Å². The summed E-state index contributed by atoms with van der Waals surface area (Å²) >= 11 is 7.47. The van der Waals surface area contributed by atoms with Gasteiger partial charge in [0.25, 0.3) is 0 Å². The lowest BCUT2D eigenvalue weighted by atomic mass is 10.3. The zero-order chi connectivity index (χ0) is 13.6. The van der Waals surface area contributed by atoms with Gasteiger partial charge >= 0.3 is 0 Å². The zero-order valence-electron chi connectivity index (χ0n) is 10.1. The molecule has 7 heteroatoms. The van der Waals surface area contributed by atoms with Crippen LogP contribution in [-0.2, 0) is 10.0 Å². The molecule has 4 nitrogen and oxygen atoms in total. The van der Waals surface area contributed by atoms with E-state index in [1.807, 2.05) is 6.26 Å². The summed E-state index contributed by atoms with van der Waals surface area (Å²) < 4.78 is 26.4. The summed E-state index contributed by atoms with van der Waals surface area (Å²) in [5, 5.41) is 0.451. The summed E-state index contributed by atoms with van der Waals surface area (Å²) in [6.07, 6.45) is 3.42. The highest BCUT2D eigenvalue weighted by atomic mass is 35.5. The molecule has 0 aliphatic heterocycles. The molecule has 102 valence electrons. The van der Waals surface area contributed by atoms with Crippen LogP contribution in [0.1, 0.15) is 12.8 Å². The number of rotatable bonds is 7. The van der Waals surface area contributed by atoms with Crippen molar-refractivity contribution in [1.82, 2.24) is 4.72 Å². The second kappa shape index (κ2) is 7.35. The molecule has 0 saturated carbocycles. The largest absolute Gasteiger partial charge is 0.330 e. The highest BCUT2D eigenvalue weighted by Crippen LogP contribution is 2.27. The maximum atomic E-state index is 11.9.